The predicted octanol–water partition coefficient (Wildman–Crippen LogP) is 23.3. The van der Waals surface area contributed by atoms with Crippen LogP contribution in [-0.2, 0) is 0 Å². The lowest BCUT2D eigenvalue weighted by Gasteiger charge is -2.55. The summed E-state index contributed by atoms with van der Waals surface area (Å²) in [5.74, 6) is 7.74. The Labute approximate surface area is 509 Å². The second kappa shape index (κ2) is 20.8. The van der Waals surface area contributed by atoms with Crippen molar-refractivity contribution in [1.29, 1.82) is 0 Å². The van der Waals surface area contributed by atoms with Crippen LogP contribution in [-0.4, -0.2) is 0 Å². The van der Waals surface area contributed by atoms with Crippen molar-refractivity contribution in [1.82, 2.24) is 0 Å². The maximum atomic E-state index is 2.67. The van der Waals surface area contributed by atoms with Gasteiger partial charge in [0.1, 0.15) is 0 Å². The lowest BCUT2D eigenvalue weighted by atomic mass is 9.50. The van der Waals surface area contributed by atoms with Gasteiger partial charge >= 0.3 is 0 Å². The molecule has 0 aliphatic heterocycles. The number of hydrogen-bond acceptors (Lipinski definition) is 2. The van der Waals surface area contributed by atoms with Gasteiger partial charge < -0.3 is 9.80 Å². The Bertz CT molecular complexity index is 4080. The number of nitrogens with zero attached hydrogens (tertiary/aromatic N) is 2. The lowest BCUT2D eigenvalue weighted by molar-refractivity contribution is -0.00237. The molecule has 0 unspecified atom stereocenters. The highest BCUT2D eigenvalue weighted by atomic mass is 15.1. The van der Waals surface area contributed by atoms with Gasteiger partial charge in [-0.3, -0.25) is 0 Å². The van der Waals surface area contributed by atoms with E-state index in [1.54, 1.807) is 11.1 Å². The lowest BCUT2D eigenvalue weighted by Crippen LogP contribution is -2.43. The third-order valence-electron chi connectivity index (χ3n) is 22.6. The average Bonchev–Trinajstić information content (AvgIpc) is 0.705. The number of fused-ring (bicyclic) bond motifs is 2. The third kappa shape index (κ3) is 8.94. The Kier molecular flexibility index (Phi) is 12.6. The van der Waals surface area contributed by atoms with Gasteiger partial charge in [-0.1, -0.05) is 180 Å². The largest absolute Gasteiger partial charge is 0.310 e. The van der Waals surface area contributed by atoms with E-state index in [-0.39, 0.29) is 0 Å². The van der Waals surface area contributed by atoms with Crippen LogP contribution < -0.4 is 9.80 Å². The molecule has 11 aromatic rings. The summed E-state index contributed by atoms with van der Waals surface area (Å²) in [7, 11) is 0. The van der Waals surface area contributed by atoms with E-state index >= 15 is 0 Å². The number of benzene rings is 11. The fourth-order valence-electron chi connectivity index (χ4n) is 19.2. The van der Waals surface area contributed by atoms with Crippen LogP contribution in [0.1, 0.15) is 132 Å². The summed E-state index contributed by atoms with van der Waals surface area (Å²) in [4.78, 5) is 5.14. The van der Waals surface area contributed by atoms with Crippen LogP contribution in [0.15, 0.2) is 194 Å². The fourth-order valence-corrected chi connectivity index (χ4v) is 19.2. The Morgan fingerprint density at radius 2 is 0.512 bits per heavy atom. The fraction of sp³-hybridized carbons (Fsp3) is 0.286. The molecule has 0 saturated heterocycles. The first-order valence-electron chi connectivity index (χ1n) is 32.8. The quantitative estimate of drug-likeness (QED) is 0.0683. The highest BCUT2D eigenvalue weighted by molar-refractivity contribution is 6.37. The van der Waals surface area contributed by atoms with Crippen LogP contribution in [0.25, 0.3) is 67.4 Å². The summed E-state index contributed by atoms with van der Waals surface area (Å²) in [5.41, 5.74) is 20.4. The average molecular weight is 1120 g/mol. The molecule has 8 aliphatic carbocycles. The molecule has 0 aromatic heterocycles. The van der Waals surface area contributed by atoms with Crippen molar-refractivity contribution in [2.75, 3.05) is 9.80 Å². The van der Waals surface area contributed by atoms with Gasteiger partial charge in [0.15, 0.2) is 0 Å². The van der Waals surface area contributed by atoms with Gasteiger partial charge in [-0.15, -0.1) is 0 Å². The number of aryl methyl sites for hydroxylation is 4. The van der Waals surface area contributed by atoms with E-state index in [1.165, 1.54) is 186 Å². The van der Waals surface area contributed by atoms with Crippen molar-refractivity contribution in [3.05, 3.63) is 250 Å². The number of hydrogen-bond donors (Lipinski definition) is 0. The Hall–Kier alpha value is -8.20. The predicted molar refractivity (Wildman–Crippen MR) is 366 cm³/mol. The molecule has 19 rings (SSSR count). The van der Waals surface area contributed by atoms with E-state index in [0.717, 1.165) is 47.3 Å². The van der Waals surface area contributed by atoms with E-state index in [1.807, 2.05) is 0 Å². The molecular weight excluding hydrogens is 1040 g/mol. The standard InChI is InChI=1S/C84H78N2/c1-51-5-13-55(14-6-51)17-19-57-21-29-69(30-22-57)85(67-25-9-53(3)10-26-67)77-39-37-75-81-71(77)33-35-73(79-63-43-59-41-60(45-63)46-64(79)44-59)83(81)76-38-40-78(72-34-36-74(84(75)82(72)76)80-65-47-61-42-62(49-65)50-66(80)48-61)86(68-27-11-54(4)12-28-68)70-31-23-58(24-32-70)20-18-56-15-7-52(2)8-16-56/h5-40,59-66,79-80H,41-50H2,1-4H3/b19-17+,20-18+. The van der Waals surface area contributed by atoms with Gasteiger partial charge in [-0.05, 0) is 277 Å². The minimum Gasteiger partial charge on any atom is -0.310 e. The van der Waals surface area contributed by atoms with E-state index < -0.39 is 0 Å². The van der Waals surface area contributed by atoms with E-state index in [0.29, 0.717) is 11.8 Å². The van der Waals surface area contributed by atoms with Gasteiger partial charge in [0.05, 0.1) is 11.4 Å². The zero-order chi connectivity index (χ0) is 57.3. The molecule has 424 valence electrons. The van der Waals surface area contributed by atoms with E-state index in [2.05, 4.69) is 256 Å². The Balaban J connectivity index is 0.910. The monoisotopic (exact) mass is 1110 g/mol. The molecule has 0 radical (unpaired) electrons. The van der Waals surface area contributed by atoms with Crippen molar-refractivity contribution in [2.24, 2.45) is 47.3 Å². The summed E-state index contributed by atoms with van der Waals surface area (Å²) < 4.78 is 0. The summed E-state index contributed by atoms with van der Waals surface area (Å²) in [5, 5.41) is 11.6. The summed E-state index contributed by atoms with van der Waals surface area (Å²) in [6.45, 7) is 8.73. The van der Waals surface area contributed by atoms with Gasteiger partial charge in [0.2, 0.25) is 0 Å². The van der Waals surface area contributed by atoms with Gasteiger partial charge in [-0.2, -0.15) is 0 Å². The molecule has 0 spiro atoms. The Morgan fingerprint density at radius 3 is 0.814 bits per heavy atom. The summed E-state index contributed by atoms with van der Waals surface area (Å²) in [6, 6.07) is 75.6. The highest BCUT2D eigenvalue weighted by Crippen LogP contribution is 2.64. The maximum absolute atomic E-state index is 2.67. The van der Waals surface area contributed by atoms with Crippen molar-refractivity contribution >= 4 is 102 Å². The van der Waals surface area contributed by atoms with Crippen LogP contribution in [0.5, 0.6) is 0 Å². The summed E-state index contributed by atoms with van der Waals surface area (Å²) in [6.07, 6.45) is 23.1. The molecule has 8 fully saturated rings. The maximum Gasteiger partial charge on any atom is 0.0540 e. The van der Waals surface area contributed by atoms with Gasteiger partial charge in [-0.25, -0.2) is 0 Å². The molecule has 11 aromatic carbocycles. The molecule has 86 heavy (non-hydrogen) atoms. The van der Waals surface area contributed by atoms with E-state index in [4.69, 9.17) is 0 Å². The van der Waals surface area contributed by atoms with Gasteiger partial charge in [0.25, 0.3) is 0 Å². The minimum atomic E-state index is 0.568. The molecule has 2 heteroatoms. The highest BCUT2D eigenvalue weighted by Gasteiger charge is 2.51. The minimum absolute atomic E-state index is 0.568. The molecular formula is C84H78N2. The topological polar surface area (TPSA) is 6.48 Å². The summed E-state index contributed by atoms with van der Waals surface area (Å²) >= 11 is 0. The first-order chi connectivity index (χ1) is 42.2. The van der Waals surface area contributed by atoms with Crippen molar-refractivity contribution < 1.29 is 0 Å². The molecule has 0 N–H and O–H groups in total. The molecule has 8 saturated carbocycles. The van der Waals surface area contributed by atoms with Crippen molar-refractivity contribution in [3.63, 3.8) is 0 Å². The molecule has 0 amide bonds. The smallest absolute Gasteiger partial charge is 0.0540 e. The molecule has 8 bridgehead atoms. The van der Waals surface area contributed by atoms with Crippen molar-refractivity contribution in [3.8, 4) is 0 Å². The zero-order valence-electron chi connectivity index (χ0n) is 50.5. The van der Waals surface area contributed by atoms with Crippen LogP contribution in [0.4, 0.5) is 34.1 Å². The van der Waals surface area contributed by atoms with Crippen LogP contribution in [0.3, 0.4) is 0 Å². The second-order valence-corrected chi connectivity index (χ2v) is 28.1. The van der Waals surface area contributed by atoms with Crippen LogP contribution in [0.2, 0.25) is 0 Å². The number of rotatable bonds is 12. The van der Waals surface area contributed by atoms with E-state index in [9.17, 15) is 0 Å². The number of anilines is 6. The first-order valence-corrected chi connectivity index (χ1v) is 32.8. The Morgan fingerprint density at radius 1 is 0.256 bits per heavy atom. The molecule has 8 aliphatic rings. The van der Waals surface area contributed by atoms with Crippen molar-refractivity contribution in [2.45, 2.75) is 104 Å². The molecule has 0 heterocycles. The van der Waals surface area contributed by atoms with Crippen LogP contribution in [0, 0.1) is 75.0 Å². The van der Waals surface area contributed by atoms with Gasteiger partial charge in [0, 0.05) is 33.5 Å². The first kappa shape index (κ1) is 52.2. The third-order valence-corrected chi connectivity index (χ3v) is 22.6. The molecule has 2 nitrogen and oxygen atoms in total. The molecule has 0 atom stereocenters. The van der Waals surface area contributed by atoms with Crippen LogP contribution >= 0.6 is 0 Å². The second-order valence-electron chi connectivity index (χ2n) is 28.1. The zero-order valence-corrected chi connectivity index (χ0v) is 50.5. The SMILES string of the molecule is Cc1ccc(/C=C/c2ccc(N(c3ccc(C)cc3)c3ccc4c5c(C6C7CC8CC(C7)CC6C8)ccc6c(N(c7ccc(C)cc7)c7ccc(/C=C/c8ccc(C)cc8)cc7)ccc(c7c(C8C9CC%10CC(C9)CC8C%10)ccc3c47)c65)cc2)cc1. The normalized spacial score (nSPS) is 24.7.